The van der Waals surface area contributed by atoms with Crippen LogP contribution in [0.5, 0.6) is 0 Å². The average Bonchev–Trinajstić information content (AvgIpc) is 3.10. The van der Waals surface area contributed by atoms with Crippen molar-refractivity contribution >= 4 is 28.9 Å². The van der Waals surface area contributed by atoms with Gasteiger partial charge in [0.1, 0.15) is 0 Å². The van der Waals surface area contributed by atoms with Crippen molar-refractivity contribution in [1.29, 1.82) is 0 Å². The summed E-state index contributed by atoms with van der Waals surface area (Å²) in [6, 6.07) is 2.60. The molecule has 1 N–H and O–H groups in total. The summed E-state index contributed by atoms with van der Waals surface area (Å²) in [4.78, 5) is 2.60. The first kappa shape index (κ1) is 12.5. The molecular weight excluding hydrogens is 271 g/mol. The van der Waals surface area contributed by atoms with Crippen molar-refractivity contribution in [2.45, 2.75) is 25.3 Å². The van der Waals surface area contributed by atoms with Gasteiger partial charge in [-0.1, -0.05) is 23.2 Å². The van der Waals surface area contributed by atoms with E-state index in [0.717, 1.165) is 18.3 Å². The summed E-state index contributed by atoms with van der Waals surface area (Å²) in [5.74, 6) is 0.689. The molecule has 2 fully saturated rings. The minimum absolute atomic E-state index is 0.368. The number of hydrogen-bond acceptors (Lipinski definition) is 4. The van der Waals surface area contributed by atoms with Crippen LogP contribution in [0.15, 0.2) is 6.07 Å². The number of anilines is 1. The van der Waals surface area contributed by atoms with Gasteiger partial charge in [-0.05, 0) is 31.7 Å². The fourth-order valence-corrected chi connectivity index (χ4v) is 2.84. The summed E-state index contributed by atoms with van der Waals surface area (Å²) in [5, 5.41) is 11.6. The zero-order valence-corrected chi connectivity index (χ0v) is 11.6. The Hall–Kier alpha value is -0.580. The molecule has 3 rings (SSSR count). The lowest BCUT2D eigenvalue weighted by Crippen LogP contribution is -2.24. The number of likely N-dealkylation sites (tertiary alicyclic amines) is 1. The first-order valence-corrected chi connectivity index (χ1v) is 7.14. The van der Waals surface area contributed by atoms with Gasteiger partial charge in [0, 0.05) is 25.2 Å². The minimum atomic E-state index is 0.368. The molecule has 0 radical (unpaired) electrons. The predicted molar refractivity (Wildman–Crippen MR) is 73.2 cm³/mol. The molecule has 1 aromatic heterocycles. The van der Waals surface area contributed by atoms with E-state index in [2.05, 4.69) is 20.4 Å². The van der Waals surface area contributed by atoms with Gasteiger partial charge in [-0.25, -0.2) is 0 Å². The molecule has 1 unspecified atom stereocenters. The van der Waals surface area contributed by atoms with Crippen LogP contribution >= 0.6 is 23.2 Å². The van der Waals surface area contributed by atoms with Gasteiger partial charge in [0.05, 0.1) is 5.69 Å². The molecule has 0 bridgehead atoms. The SMILES string of the molecule is Clc1cc(NCC2CCN(C3CC3)C2)c(Cl)nn1. The van der Waals surface area contributed by atoms with E-state index in [-0.39, 0.29) is 0 Å². The number of nitrogens with zero attached hydrogens (tertiary/aromatic N) is 3. The Morgan fingerprint density at radius 3 is 2.89 bits per heavy atom. The normalized spacial score (nSPS) is 24.4. The molecule has 1 saturated heterocycles. The molecule has 4 nitrogen and oxygen atoms in total. The van der Waals surface area contributed by atoms with Gasteiger partial charge in [-0.15, -0.1) is 10.2 Å². The lowest BCUT2D eigenvalue weighted by molar-refractivity contribution is 0.316. The second-order valence-corrected chi connectivity index (χ2v) is 5.88. The van der Waals surface area contributed by atoms with E-state index >= 15 is 0 Å². The highest BCUT2D eigenvalue weighted by Gasteiger charge is 2.34. The van der Waals surface area contributed by atoms with E-state index in [4.69, 9.17) is 23.2 Å². The maximum atomic E-state index is 5.97. The van der Waals surface area contributed by atoms with Gasteiger partial charge in [0.25, 0.3) is 0 Å². The highest BCUT2D eigenvalue weighted by Crippen LogP contribution is 2.32. The summed E-state index contributed by atoms with van der Waals surface area (Å²) in [6.45, 7) is 3.35. The molecule has 1 atom stereocenters. The molecule has 6 heteroatoms. The lowest BCUT2D eigenvalue weighted by atomic mass is 10.1. The van der Waals surface area contributed by atoms with E-state index in [0.29, 0.717) is 16.2 Å². The third kappa shape index (κ3) is 2.87. The topological polar surface area (TPSA) is 41.0 Å². The van der Waals surface area contributed by atoms with Crippen molar-refractivity contribution in [1.82, 2.24) is 15.1 Å². The Labute approximate surface area is 117 Å². The maximum Gasteiger partial charge on any atom is 0.174 e. The van der Waals surface area contributed by atoms with Crippen molar-refractivity contribution in [2.24, 2.45) is 5.92 Å². The summed E-state index contributed by atoms with van der Waals surface area (Å²) in [5.41, 5.74) is 0.779. The van der Waals surface area contributed by atoms with Crippen LogP contribution in [-0.4, -0.2) is 40.8 Å². The number of halogens is 2. The van der Waals surface area contributed by atoms with Gasteiger partial charge in [-0.3, -0.25) is 0 Å². The Bertz CT molecular complexity index is 436. The molecule has 2 heterocycles. The first-order valence-electron chi connectivity index (χ1n) is 6.39. The molecule has 0 spiro atoms. The van der Waals surface area contributed by atoms with Crippen LogP contribution in [0.1, 0.15) is 19.3 Å². The van der Waals surface area contributed by atoms with Crippen LogP contribution in [0.4, 0.5) is 5.69 Å². The van der Waals surface area contributed by atoms with E-state index in [1.165, 1.54) is 32.4 Å². The second kappa shape index (κ2) is 5.19. The number of aromatic nitrogens is 2. The molecule has 18 heavy (non-hydrogen) atoms. The summed E-state index contributed by atoms with van der Waals surface area (Å²) in [6.07, 6.45) is 4.03. The standard InChI is InChI=1S/C12H16Cl2N4/c13-11-5-10(12(14)17-16-11)15-6-8-3-4-18(7-8)9-1-2-9/h5,8-9H,1-4,6-7H2,(H,15,16). The highest BCUT2D eigenvalue weighted by atomic mass is 35.5. The van der Waals surface area contributed by atoms with Crippen LogP contribution in [0, 0.1) is 5.92 Å². The van der Waals surface area contributed by atoms with E-state index < -0.39 is 0 Å². The average molecular weight is 287 g/mol. The Kier molecular flexibility index (Phi) is 3.59. The predicted octanol–water partition coefficient (Wildman–Crippen LogP) is 2.68. The quantitative estimate of drug-likeness (QED) is 0.924. The van der Waals surface area contributed by atoms with Crippen molar-refractivity contribution in [2.75, 3.05) is 25.0 Å². The largest absolute Gasteiger partial charge is 0.382 e. The molecule has 1 aromatic rings. The van der Waals surface area contributed by atoms with Crippen molar-refractivity contribution < 1.29 is 0 Å². The lowest BCUT2D eigenvalue weighted by Gasteiger charge is -2.15. The highest BCUT2D eigenvalue weighted by molar-refractivity contribution is 6.33. The summed E-state index contributed by atoms with van der Waals surface area (Å²) in [7, 11) is 0. The van der Waals surface area contributed by atoms with Crippen molar-refractivity contribution in [3.05, 3.63) is 16.4 Å². The zero-order valence-electron chi connectivity index (χ0n) is 10.1. The monoisotopic (exact) mass is 286 g/mol. The Morgan fingerprint density at radius 2 is 2.11 bits per heavy atom. The van der Waals surface area contributed by atoms with E-state index in [1.807, 2.05) is 0 Å². The molecular formula is C12H16Cl2N4. The second-order valence-electron chi connectivity index (χ2n) is 5.13. The third-order valence-electron chi connectivity index (χ3n) is 3.68. The van der Waals surface area contributed by atoms with Crippen LogP contribution in [0.3, 0.4) is 0 Å². The van der Waals surface area contributed by atoms with Crippen LogP contribution < -0.4 is 5.32 Å². The van der Waals surface area contributed by atoms with Gasteiger partial charge in [0.15, 0.2) is 10.3 Å². The molecule has 0 aromatic carbocycles. The number of rotatable bonds is 4. The van der Waals surface area contributed by atoms with Gasteiger partial charge < -0.3 is 10.2 Å². The molecule has 1 aliphatic carbocycles. The van der Waals surface area contributed by atoms with Gasteiger partial charge in [-0.2, -0.15) is 0 Å². The van der Waals surface area contributed by atoms with Crippen LogP contribution in [-0.2, 0) is 0 Å². The first-order chi connectivity index (χ1) is 8.72. The van der Waals surface area contributed by atoms with Gasteiger partial charge in [0.2, 0.25) is 0 Å². The summed E-state index contributed by atoms with van der Waals surface area (Å²) < 4.78 is 0. The van der Waals surface area contributed by atoms with Crippen molar-refractivity contribution in [3.63, 3.8) is 0 Å². The van der Waals surface area contributed by atoms with E-state index in [1.54, 1.807) is 6.07 Å². The smallest absolute Gasteiger partial charge is 0.174 e. The van der Waals surface area contributed by atoms with Gasteiger partial charge >= 0.3 is 0 Å². The van der Waals surface area contributed by atoms with Crippen molar-refractivity contribution in [3.8, 4) is 0 Å². The Balaban J connectivity index is 1.53. The number of nitrogens with one attached hydrogen (secondary N) is 1. The molecule has 98 valence electrons. The third-order valence-corrected chi connectivity index (χ3v) is 4.14. The zero-order chi connectivity index (χ0) is 12.5. The van der Waals surface area contributed by atoms with Crippen LogP contribution in [0.25, 0.3) is 0 Å². The fraction of sp³-hybridized carbons (Fsp3) is 0.667. The molecule has 2 aliphatic rings. The number of hydrogen-bond donors (Lipinski definition) is 1. The van der Waals surface area contributed by atoms with Crippen LogP contribution in [0.2, 0.25) is 10.3 Å². The molecule has 1 saturated carbocycles. The summed E-state index contributed by atoms with van der Waals surface area (Å²) >= 11 is 11.8. The minimum Gasteiger partial charge on any atom is -0.382 e. The molecule has 1 aliphatic heterocycles. The Morgan fingerprint density at radius 1 is 1.28 bits per heavy atom. The molecule has 0 amide bonds. The fourth-order valence-electron chi connectivity index (χ4n) is 2.53. The maximum absolute atomic E-state index is 5.97. The van der Waals surface area contributed by atoms with E-state index in [9.17, 15) is 0 Å².